The fraction of sp³-hybridized carbons (Fsp3) is 0.318. The van der Waals surface area contributed by atoms with Gasteiger partial charge in [-0.2, -0.15) is 0 Å². The molecule has 3 aromatic rings. The normalized spacial score (nSPS) is 12.0. The Balaban J connectivity index is 1.90. The van der Waals surface area contributed by atoms with Gasteiger partial charge >= 0.3 is 0 Å². The molecule has 1 atom stereocenters. The number of rotatable bonds is 9. The maximum atomic E-state index is 13.4. The molecule has 0 bridgehead atoms. The van der Waals surface area contributed by atoms with E-state index in [1.807, 2.05) is 18.3 Å². The van der Waals surface area contributed by atoms with E-state index in [-0.39, 0.29) is 11.9 Å². The van der Waals surface area contributed by atoms with Crippen molar-refractivity contribution in [3.05, 3.63) is 59.0 Å². The third-order valence-electron chi connectivity index (χ3n) is 5.10. The van der Waals surface area contributed by atoms with Crippen LogP contribution in [0, 0.1) is 5.82 Å². The Labute approximate surface area is 163 Å². The number of halogens is 1. The molecule has 28 heavy (non-hydrogen) atoms. The fourth-order valence-electron chi connectivity index (χ4n) is 3.64. The first-order valence-electron chi connectivity index (χ1n) is 9.31. The van der Waals surface area contributed by atoms with Gasteiger partial charge in [-0.25, -0.2) is 4.39 Å². The van der Waals surface area contributed by atoms with Gasteiger partial charge in [-0.05, 0) is 66.3 Å². The summed E-state index contributed by atoms with van der Waals surface area (Å²) in [6.45, 7) is 2.07. The fourth-order valence-corrected chi connectivity index (χ4v) is 3.64. The number of nitrogens with one attached hydrogen (secondary N) is 2. The molecule has 0 fully saturated rings. The highest BCUT2D eigenvalue weighted by Crippen LogP contribution is 2.35. The Hall–Kier alpha value is -3.02. The lowest BCUT2D eigenvalue weighted by molar-refractivity contribution is -0.110. The molecule has 0 spiro atoms. The van der Waals surface area contributed by atoms with E-state index in [0.717, 1.165) is 46.8 Å². The smallest absolute Gasteiger partial charge is 0.207 e. The van der Waals surface area contributed by atoms with Crippen LogP contribution in [-0.4, -0.2) is 25.6 Å². The van der Waals surface area contributed by atoms with Crippen LogP contribution in [0.5, 0.6) is 11.5 Å². The molecule has 6 heteroatoms. The van der Waals surface area contributed by atoms with Crippen LogP contribution < -0.4 is 14.8 Å². The van der Waals surface area contributed by atoms with Crippen molar-refractivity contribution in [3.8, 4) is 11.5 Å². The van der Waals surface area contributed by atoms with Crippen molar-refractivity contribution in [2.45, 2.75) is 32.2 Å². The Morgan fingerprint density at radius 2 is 1.89 bits per heavy atom. The monoisotopic (exact) mass is 384 g/mol. The van der Waals surface area contributed by atoms with Crippen molar-refractivity contribution in [1.82, 2.24) is 10.3 Å². The number of benzene rings is 2. The van der Waals surface area contributed by atoms with Gasteiger partial charge in [0.25, 0.3) is 0 Å². The van der Waals surface area contributed by atoms with Crippen LogP contribution in [0.15, 0.2) is 36.5 Å². The molecule has 5 nitrogen and oxygen atoms in total. The van der Waals surface area contributed by atoms with Crippen molar-refractivity contribution in [3.63, 3.8) is 0 Å². The summed E-state index contributed by atoms with van der Waals surface area (Å²) in [5.41, 5.74) is 3.97. The van der Waals surface area contributed by atoms with E-state index in [4.69, 9.17) is 9.47 Å². The highest BCUT2D eigenvalue weighted by molar-refractivity contribution is 5.83. The molecule has 0 aliphatic carbocycles. The van der Waals surface area contributed by atoms with Crippen molar-refractivity contribution >= 4 is 17.3 Å². The highest BCUT2D eigenvalue weighted by Gasteiger charge is 2.19. The molecular weight excluding hydrogens is 359 g/mol. The summed E-state index contributed by atoms with van der Waals surface area (Å²) in [4.78, 5) is 14.4. The lowest BCUT2D eigenvalue weighted by Gasteiger charge is -2.22. The first-order chi connectivity index (χ1) is 13.6. The molecule has 2 N–H and O–H groups in total. The van der Waals surface area contributed by atoms with Gasteiger partial charge in [-0.3, -0.25) is 4.79 Å². The molecule has 1 heterocycles. The zero-order valence-electron chi connectivity index (χ0n) is 16.3. The first kappa shape index (κ1) is 19.7. The number of hydrogen-bond acceptors (Lipinski definition) is 3. The van der Waals surface area contributed by atoms with Crippen molar-refractivity contribution in [2.75, 3.05) is 14.2 Å². The molecule has 0 aliphatic rings. The Bertz CT molecular complexity index is 968. The summed E-state index contributed by atoms with van der Waals surface area (Å²) < 4.78 is 24.3. The summed E-state index contributed by atoms with van der Waals surface area (Å²) in [5, 5.41) is 3.93. The number of fused-ring (bicyclic) bond motifs is 1. The second-order valence-corrected chi connectivity index (χ2v) is 6.64. The second-order valence-electron chi connectivity index (χ2n) is 6.64. The number of methoxy groups -OCH3 is 2. The van der Waals surface area contributed by atoms with Crippen molar-refractivity contribution < 1.29 is 18.7 Å². The zero-order valence-corrected chi connectivity index (χ0v) is 16.3. The van der Waals surface area contributed by atoms with Gasteiger partial charge in [0.05, 0.1) is 20.3 Å². The maximum Gasteiger partial charge on any atom is 0.207 e. The summed E-state index contributed by atoms with van der Waals surface area (Å²) in [5.74, 6) is 1.04. The van der Waals surface area contributed by atoms with Gasteiger partial charge in [-0.15, -0.1) is 0 Å². The predicted octanol–water partition coefficient (Wildman–Crippen LogP) is 4.31. The first-order valence-corrected chi connectivity index (χ1v) is 9.31. The third-order valence-corrected chi connectivity index (χ3v) is 5.10. The van der Waals surface area contributed by atoms with Crippen LogP contribution in [0.1, 0.15) is 36.1 Å². The van der Waals surface area contributed by atoms with E-state index in [1.165, 1.54) is 12.1 Å². The molecule has 3 rings (SSSR count). The predicted molar refractivity (Wildman–Crippen MR) is 107 cm³/mol. The van der Waals surface area contributed by atoms with Gasteiger partial charge in [0, 0.05) is 17.1 Å². The van der Waals surface area contributed by atoms with Gasteiger partial charge < -0.3 is 19.8 Å². The van der Waals surface area contributed by atoms with Gasteiger partial charge in [-0.1, -0.05) is 6.92 Å². The van der Waals surface area contributed by atoms with Crippen molar-refractivity contribution in [1.29, 1.82) is 0 Å². The number of amides is 1. The van der Waals surface area contributed by atoms with Crippen LogP contribution in [0.4, 0.5) is 4.39 Å². The number of carbonyl (C=O) groups excluding carboxylic acids is 1. The number of ether oxygens (including phenoxy) is 2. The molecule has 1 aromatic heterocycles. The lowest BCUT2D eigenvalue weighted by atomic mass is 9.93. The standard InChI is InChI=1S/C22H25FN2O3/c1-4-14-9-21(27-2)22(28-3)11-18(14)19(25-13-26)8-5-15-12-24-20-10-16(23)6-7-17(15)20/h6-7,9-13,19,24H,4-5,8H2,1-3H3,(H,25,26). The average Bonchev–Trinajstić information content (AvgIpc) is 3.11. The molecule has 1 amide bonds. The van der Waals surface area contributed by atoms with Crippen LogP contribution in [0.25, 0.3) is 10.9 Å². The van der Waals surface area contributed by atoms with Gasteiger partial charge in [0.2, 0.25) is 6.41 Å². The van der Waals surface area contributed by atoms with Crippen LogP contribution in [0.3, 0.4) is 0 Å². The molecular formula is C22H25FN2O3. The minimum atomic E-state index is -0.265. The zero-order chi connectivity index (χ0) is 20.1. The molecule has 0 aliphatic heterocycles. The number of carbonyl (C=O) groups is 1. The van der Waals surface area contributed by atoms with E-state index in [2.05, 4.69) is 17.2 Å². The molecule has 0 radical (unpaired) electrons. The number of hydrogen-bond donors (Lipinski definition) is 2. The molecule has 148 valence electrons. The van der Waals surface area contributed by atoms with Crippen LogP contribution in [-0.2, 0) is 17.6 Å². The molecule has 1 unspecified atom stereocenters. The minimum Gasteiger partial charge on any atom is -0.493 e. The number of aryl methyl sites for hydroxylation is 2. The molecule has 0 saturated heterocycles. The third kappa shape index (κ3) is 3.96. The number of aromatic amines is 1. The maximum absolute atomic E-state index is 13.4. The topological polar surface area (TPSA) is 63.4 Å². The van der Waals surface area contributed by atoms with E-state index in [0.29, 0.717) is 17.9 Å². The Morgan fingerprint density at radius 3 is 2.57 bits per heavy atom. The number of H-pyrrole nitrogens is 1. The summed E-state index contributed by atoms with van der Waals surface area (Å²) in [6.07, 6.45) is 4.86. The molecule has 0 saturated carbocycles. The Kier molecular flexibility index (Phi) is 6.19. The largest absolute Gasteiger partial charge is 0.493 e. The van der Waals surface area contributed by atoms with Gasteiger partial charge in [0.15, 0.2) is 11.5 Å². The summed E-state index contributed by atoms with van der Waals surface area (Å²) in [6, 6.07) is 8.46. The Morgan fingerprint density at radius 1 is 1.14 bits per heavy atom. The SMILES string of the molecule is CCc1cc(OC)c(OC)cc1C(CCc1c[nH]c2cc(F)ccc12)NC=O. The van der Waals surface area contributed by atoms with E-state index < -0.39 is 0 Å². The summed E-state index contributed by atoms with van der Waals surface area (Å²) in [7, 11) is 3.21. The van der Waals surface area contributed by atoms with Crippen molar-refractivity contribution in [2.24, 2.45) is 0 Å². The van der Waals surface area contributed by atoms with Crippen LogP contribution >= 0.6 is 0 Å². The lowest BCUT2D eigenvalue weighted by Crippen LogP contribution is -2.21. The van der Waals surface area contributed by atoms with E-state index in [1.54, 1.807) is 20.3 Å². The highest BCUT2D eigenvalue weighted by atomic mass is 19.1. The number of aromatic nitrogens is 1. The minimum absolute atomic E-state index is 0.169. The quantitative estimate of drug-likeness (QED) is 0.541. The average molecular weight is 384 g/mol. The van der Waals surface area contributed by atoms with E-state index >= 15 is 0 Å². The second kappa shape index (κ2) is 8.78. The molecule has 2 aromatic carbocycles. The van der Waals surface area contributed by atoms with Gasteiger partial charge in [0.1, 0.15) is 5.82 Å². The van der Waals surface area contributed by atoms with E-state index in [9.17, 15) is 9.18 Å². The van der Waals surface area contributed by atoms with Crippen LogP contribution in [0.2, 0.25) is 0 Å². The summed E-state index contributed by atoms with van der Waals surface area (Å²) >= 11 is 0.